The van der Waals surface area contributed by atoms with E-state index in [2.05, 4.69) is 41.6 Å². The summed E-state index contributed by atoms with van der Waals surface area (Å²) in [7, 11) is 3.58. The molecule has 0 saturated carbocycles. The van der Waals surface area contributed by atoms with Gasteiger partial charge in [-0.1, -0.05) is 26.0 Å². The number of amides is 1. The third-order valence-corrected chi connectivity index (χ3v) is 3.67. The SMILES string of the molecule is CN=C(NCCc1ccc(OCC(C)C)cc1)N(C)CC(=O)NC(C)(C)C.I. The Morgan fingerprint density at radius 1 is 1.21 bits per heavy atom. The highest BCUT2D eigenvalue weighted by atomic mass is 127. The predicted molar refractivity (Wildman–Crippen MR) is 128 cm³/mol. The number of aliphatic imine (C=N–C) groups is 1. The molecular weight excluding hydrogens is 467 g/mol. The fraction of sp³-hybridized carbons (Fsp3) is 0.619. The van der Waals surface area contributed by atoms with Gasteiger partial charge in [0, 0.05) is 26.2 Å². The van der Waals surface area contributed by atoms with Gasteiger partial charge in [-0.3, -0.25) is 9.79 Å². The first-order valence-electron chi connectivity index (χ1n) is 9.55. The van der Waals surface area contributed by atoms with Gasteiger partial charge in [0.2, 0.25) is 5.91 Å². The van der Waals surface area contributed by atoms with E-state index in [1.165, 1.54) is 5.56 Å². The van der Waals surface area contributed by atoms with Crippen molar-refractivity contribution in [2.75, 3.05) is 33.8 Å². The Bertz CT molecular complexity index is 610. The fourth-order valence-corrected chi connectivity index (χ4v) is 2.47. The highest BCUT2D eigenvalue weighted by Crippen LogP contribution is 2.13. The number of guanidine groups is 1. The summed E-state index contributed by atoms with van der Waals surface area (Å²) in [4.78, 5) is 18.1. The number of likely N-dealkylation sites (N-methyl/N-ethyl adjacent to an activating group) is 1. The zero-order valence-corrected chi connectivity index (χ0v) is 20.7. The normalized spacial score (nSPS) is 11.6. The van der Waals surface area contributed by atoms with E-state index < -0.39 is 0 Å². The van der Waals surface area contributed by atoms with E-state index in [1.807, 2.05) is 44.9 Å². The van der Waals surface area contributed by atoms with Crippen LogP contribution >= 0.6 is 24.0 Å². The van der Waals surface area contributed by atoms with E-state index in [0.29, 0.717) is 11.9 Å². The summed E-state index contributed by atoms with van der Waals surface area (Å²) in [6.45, 7) is 11.9. The van der Waals surface area contributed by atoms with Crippen molar-refractivity contribution in [1.82, 2.24) is 15.5 Å². The molecule has 0 aromatic heterocycles. The number of benzene rings is 1. The van der Waals surface area contributed by atoms with Crippen molar-refractivity contribution in [3.8, 4) is 5.75 Å². The highest BCUT2D eigenvalue weighted by Gasteiger charge is 2.16. The lowest BCUT2D eigenvalue weighted by atomic mass is 10.1. The molecule has 6 nitrogen and oxygen atoms in total. The van der Waals surface area contributed by atoms with Crippen LogP contribution in [-0.4, -0.2) is 56.1 Å². The van der Waals surface area contributed by atoms with Gasteiger partial charge in [-0.25, -0.2) is 0 Å². The van der Waals surface area contributed by atoms with Gasteiger partial charge in [0.05, 0.1) is 13.2 Å². The molecule has 0 fully saturated rings. The first-order chi connectivity index (χ1) is 12.6. The van der Waals surface area contributed by atoms with Crippen LogP contribution in [0.25, 0.3) is 0 Å². The van der Waals surface area contributed by atoms with Crippen LogP contribution in [0.5, 0.6) is 5.75 Å². The maximum absolute atomic E-state index is 12.1. The fourth-order valence-electron chi connectivity index (χ4n) is 2.47. The molecule has 1 rings (SSSR count). The molecule has 1 amide bonds. The van der Waals surface area contributed by atoms with Crippen LogP contribution in [0.3, 0.4) is 0 Å². The van der Waals surface area contributed by atoms with E-state index in [4.69, 9.17) is 4.74 Å². The second kappa shape index (κ2) is 12.9. The standard InChI is InChI=1S/C21H36N4O2.HI/c1-16(2)15-27-18-10-8-17(9-11-18)12-13-23-20(22-6)25(7)14-19(26)24-21(3,4)5;/h8-11,16H,12-15H2,1-7H3,(H,22,23)(H,24,26);1H. The predicted octanol–water partition coefficient (Wildman–Crippen LogP) is 3.30. The summed E-state index contributed by atoms with van der Waals surface area (Å²) in [5, 5.41) is 6.26. The zero-order valence-electron chi connectivity index (χ0n) is 18.3. The number of ether oxygens (including phenoxy) is 1. The van der Waals surface area contributed by atoms with Gasteiger partial charge >= 0.3 is 0 Å². The maximum atomic E-state index is 12.1. The quantitative estimate of drug-likeness (QED) is 0.324. The molecule has 0 spiro atoms. The largest absolute Gasteiger partial charge is 0.493 e. The van der Waals surface area contributed by atoms with Gasteiger partial charge in [0.25, 0.3) is 0 Å². The summed E-state index contributed by atoms with van der Waals surface area (Å²) < 4.78 is 5.71. The monoisotopic (exact) mass is 504 g/mol. The third kappa shape index (κ3) is 11.4. The lowest BCUT2D eigenvalue weighted by molar-refractivity contribution is -0.122. The number of nitrogens with zero attached hydrogens (tertiary/aromatic N) is 2. The van der Waals surface area contributed by atoms with Crippen LogP contribution in [0.2, 0.25) is 0 Å². The van der Waals surface area contributed by atoms with Gasteiger partial charge < -0.3 is 20.3 Å². The average Bonchev–Trinajstić information content (AvgIpc) is 2.56. The molecule has 0 heterocycles. The van der Waals surface area contributed by atoms with Crippen molar-refractivity contribution >= 4 is 35.8 Å². The van der Waals surface area contributed by atoms with Crippen molar-refractivity contribution in [2.45, 2.75) is 46.6 Å². The molecular formula is C21H37IN4O2. The highest BCUT2D eigenvalue weighted by molar-refractivity contribution is 14.0. The lowest BCUT2D eigenvalue weighted by Gasteiger charge is -2.25. The minimum Gasteiger partial charge on any atom is -0.493 e. The minimum absolute atomic E-state index is 0. The van der Waals surface area contributed by atoms with E-state index in [-0.39, 0.29) is 42.0 Å². The number of halogens is 1. The number of carbonyl (C=O) groups is 1. The Morgan fingerprint density at radius 2 is 1.82 bits per heavy atom. The Morgan fingerprint density at radius 3 is 2.32 bits per heavy atom. The molecule has 0 radical (unpaired) electrons. The Balaban J connectivity index is 0.00000729. The van der Waals surface area contributed by atoms with Crippen LogP contribution in [0.15, 0.2) is 29.3 Å². The Hall–Kier alpha value is -1.51. The van der Waals surface area contributed by atoms with Gasteiger partial charge in [0.15, 0.2) is 5.96 Å². The maximum Gasteiger partial charge on any atom is 0.240 e. The summed E-state index contributed by atoms with van der Waals surface area (Å²) in [5.74, 6) is 2.10. The van der Waals surface area contributed by atoms with E-state index >= 15 is 0 Å². The van der Waals surface area contributed by atoms with Crippen molar-refractivity contribution in [1.29, 1.82) is 0 Å². The summed E-state index contributed by atoms with van der Waals surface area (Å²) in [6.07, 6.45) is 0.867. The second-order valence-electron chi connectivity index (χ2n) is 8.23. The second-order valence-corrected chi connectivity index (χ2v) is 8.23. The first-order valence-corrected chi connectivity index (χ1v) is 9.55. The molecule has 1 aromatic carbocycles. The number of carbonyl (C=O) groups excluding carboxylic acids is 1. The van der Waals surface area contributed by atoms with Crippen LogP contribution < -0.4 is 15.4 Å². The Kier molecular flexibility index (Phi) is 12.2. The first kappa shape index (κ1) is 26.5. The average molecular weight is 504 g/mol. The molecule has 0 bridgehead atoms. The van der Waals surface area contributed by atoms with E-state index in [1.54, 1.807) is 7.05 Å². The van der Waals surface area contributed by atoms with Gasteiger partial charge in [-0.05, 0) is 50.8 Å². The van der Waals surface area contributed by atoms with Gasteiger partial charge in [-0.15, -0.1) is 24.0 Å². The number of hydrogen-bond donors (Lipinski definition) is 2. The van der Waals surface area contributed by atoms with Crippen molar-refractivity contribution in [3.63, 3.8) is 0 Å². The summed E-state index contributed by atoms with van der Waals surface area (Å²) in [5.41, 5.74) is 0.989. The smallest absolute Gasteiger partial charge is 0.240 e. The molecule has 0 unspecified atom stereocenters. The van der Waals surface area contributed by atoms with Crippen molar-refractivity contribution in [2.24, 2.45) is 10.9 Å². The zero-order chi connectivity index (χ0) is 20.4. The van der Waals surface area contributed by atoms with Gasteiger partial charge in [0.1, 0.15) is 5.75 Å². The summed E-state index contributed by atoms with van der Waals surface area (Å²) >= 11 is 0. The number of nitrogens with one attached hydrogen (secondary N) is 2. The third-order valence-electron chi connectivity index (χ3n) is 3.67. The van der Waals surface area contributed by atoms with Crippen LogP contribution in [-0.2, 0) is 11.2 Å². The molecule has 0 aliphatic carbocycles. The minimum atomic E-state index is -0.236. The molecule has 0 aliphatic heterocycles. The van der Waals surface area contributed by atoms with E-state index in [0.717, 1.165) is 25.3 Å². The van der Waals surface area contributed by atoms with Crippen LogP contribution in [0.4, 0.5) is 0 Å². The molecule has 28 heavy (non-hydrogen) atoms. The molecule has 2 N–H and O–H groups in total. The molecule has 1 aromatic rings. The molecule has 0 atom stereocenters. The van der Waals surface area contributed by atoms with Crippen molar-refractivity contribution < 1.29 is 9.53 Å². The number of rotatable bonds is 8. The lowest BCUT2D eigenvalue weighted by Crippen LogP contribution is -2.49. The summed E-state index contributed by atoms with van der Waals surface area (Å²) in [6, 6.07) is 8.19. The Labute approximate surface area is 187 Å². The van der Waals surface area contributed by atoms with E-state index in [9.17, 15) is 4.79 Å². The van der Waals surface area contributed by atoms with Crippen molar-refractivity contribution in [3.05, 3.63) is 29.8 Å². The molecule has 0 aliphatic rings. The topological polar surface area (TPSA) is 66.0 Å². The molecule has 0 saturated heterocycles. The van der Waals surface area contributed by atoms with Crippen LogP contribution in [0, 0.1) is 5.92 Å². The van der Waals surface area contributed by atoms with Crippen LogP contribution in [0.1, 0.15) is 40.2 Å². The number of hydrogen-bond acceptors (Lipinski definition) is 3. The van der Waals surface area contributed by atoms with Gasteiger partial charge in [-0.2, -0.15) is 0 Å². The molecule has 160 valence electrons. The molecule has 7 heteroatoms.